The van der Waals surface area contributed by atoms with E-state index in [0.29, 0.717) is 54.4 Å². The number of amides is 1. The van der Waals surface area contributed by atoms with Gasteiger partial charge in [-0.1, -0.05) is 24.7 Å². The van der Waals surface area contributed by atoms with Gasteiger partial charge >= 0.3 is 18.0 Å². The maximum atomic E-state index is 11.5. The van der Waals surface area contributed by atoms with Gasteiger partial charge in [-0.25, -0.2) is 4.79 Å². The fourth-order valence-corrected chi connectivity index (χ4v) is 5.17. The number of halogens is 1. The van der Waals surface area contributed by atoms with E-state index in [1.165, 1.54) is 42.5 Å². The van der Waals surface area contributed by atoms with Crippen molar-refractivity contribution in [3.8, 4) is 24.2 Å². The van der Waals surface area contributed by atoms with Crippen molar-refractivity contribution >= 4 is 51.0 Å². The van der Waals surface area contributed by atoms with E-state index in [9.17, 15) is 34.6 Å². The van der Waals surface area contributed by atoms with Crippen molar-refractivity contribution in [2.45, 2.75) is 156 Å². The summed E-state index contributed by atoms with van der Waals surface area (Å²) >= 11 is 3.06. The number of aryl methyl sites for hydroxylation is 1. The Morgan fingerprint density at radius 1 is 0.701 bits per heavy atom. The van der Waals surface area contributed by atoms with Crippen molar-refractivity contribution in [3.05, 3.63) is 91.2 Å². The average molecular weight is 1000 g/mol. The van der Waals surface area contributed by atoms with E-state index in [-0.39, 0.29) is 35.0 Å². The molecule has 0 bridgehead atoms. The van der Waals surface area contributed by atoms with Gasteiger partial charge in [0.05, 0.1) is 15.5 Å². The van der Waals surface area contributed by atoms with Crippen LogP contribution in [0, 0.1) is 44.4 Å². The number of ether oxygens (including phenoxy) is 3. The molecule has 0 aliphatic carbocycles. The van der Waals surface area contributed by atoms with Crippen LogP contribution in [0.2, 0.25) is 0 Å². The number of nitro groups is 2. The van der Waals surface area contributed by atoms with Crippen LogP contribution >= 0.6 is 15.9 Å². The molecule has 18 nitrogen and oxygen atoms in total. The summed E-state index contributed by atoms with van der Waals surface area (Å²) in [6.45, 7) is 17.2. The van der Waals surface area contributed by atoms with Gasteiger partial charge in [0.15, 0.2) is 0 Å². The number of hydrogen-bond donors (Lipinski definition) is 3. The summed E-state index contributed by atoms with van der Waals surface area (Å²) in [4.78, 5) is 65.2. The minimum atomic E-state index is -0.501. The highest BCUT2D eigenvalue weighted by Gasteiger charge is 2.17. The van der Waals surface area contributed by atoms with Gasteiger partial charge in [0.2, 0.25) is 0 Å². The summed E-state index contributed by atoms with van der Waals surface area (Å²) in [7, 11) is 1.00. The Labute approximate surface area is 404 Å². The lowest BCUT2D eigenvalue weighted by Gasteiger charge is -2.19. The van der Waals surface area contributed by atoms with E-state index in [1.54, 1.807) is 6.20 Å². The minimum absolute atomic E-state index is 0.00521. The zero-order chi connectivity index (χ0) is 51.5. The number of carbonyl (C=O) groups is 3. The molecule has 67 heavy (non-hydrogen) atoms. The van der Waals surface area contributed by atoms with Crippen LogP contribution in [0.4, 0.5) is 21.9 Å². The molecule has 370 valence electrons. The molecule has 0 spiro atoms. The first kappa shape index (κ1) is 62.9. The number of alkyl carbamates (subject to hydrolysis) is 1. The topological polar surface area (TPSA) is 262 Å². The summed E-state index contributed by atoms with van der Waals surface area (Å²) < 4.78 is 16.1. The van der Waals surface area contributed by atoms with E-state index in [2.05, 4.69) is 54.0 Å². The highest BCUT2D eigenvalue weighted by molar-refractivity contribution is 9.10. The number of terminal acetylenes is 1. The number of anilines is 1. The van der Waals surface area contributed by atoms with E-state index in [1.807, 2.05) is 74.6 Å². The fraction of sp³-hybridized carbons (Fsp3) is 0.542. The summed E-state index contributed by atoms with van der Waals surface area (Å²) in [5.41, 5.74) is 6.75. The van der Waals surface area contributed by atoms with Gasteiger partial charge in [-0.05, 0) is 128 Å². The summed E-state index contributed by atoms with van der Waals surface area (Å²) in [5.74, 6) is 7.95. The van der Waals surface area contributed by atoms with Crippen LogP contribution in [0.15, 0.2) is 59.9 Å². The molecule has 3 rings (SSSR count). The number of nitrogens with two attached hydrogens (primary N) is 1. The maximum absolute atomic E-state index is 11.5. The first-order valence-electron chi connectivity index (χ1n) is 21.6. The maximum Gasteiger partial charge on any atom is 0.407 e. The van der Waals surface area contributed by atoms with Gasteiger partial charge in [0.1, 0.15) is 29.2 Å². The van der Waals surface area contributed by atoms with E-state index < -0.39 is 21.0 Å². The third-order valence-corrected chi connectivity index (χ3v) is 7.85. The van der Waals surface area contributed by atoms with Gasteiger partial charge in [-0.2, -0.15) is 0 Å². The van der Waals surface area contributed by atoms with E-state index >= 15 is 0 Å². The van der Waals surface area contributed by atoms with Crippen LogP contribution in [-0.2, 0) is 30.2 Å². The second-order valence-corrected chi connectivity index (χ2v) is 18.2. The Hall–Kier alpha value is -6.18. The van der Waals surface area contributed by atoms with Crippen molar-refractivity contribution in [1.82, 2.24) is 20.3 Å². The van der Waals surface area contributed by atoms with Crippen LogP contribution < -0.4 is 11.1 Å². The molecule has 3 aromatic heterocycles. The largest absolute Gasteiger partial charge is 0.460 e. The van der Waals surface area contributed by atoms with Crippen LogP contribution in [-0.4, -0.2) is 78.4 Å². The first-order valence-corrected chi connectivity index (χ1v) is 22.4. The molecule has 0 aliphatic rings. The monoisotopic (exact) mass is 999 g/mol. The second-order valence-electron chi connectivity index (χ2n) is 17.3. The van der Waals surface area contributed by atoms with Crippen LogP contribution in [0.25, 0.3) is 0 Å². The lowest BCUT2D eigenvalue weighted by atomic mass is 10.1. The third kappa shape index (κ3) is 39.9. The molecule has 0 saturated heterocycles. The Morgan fingerprint density at radius 2 is 1.21 bits per heavy atom. The SMILES string of the molecule is C#CCCCNC(=O)OC(C)(C)C.CC(C)(C)OC(=O)CCCCC#Cc1cncc([N+](=O)[O-])c1.CC(C)(C)OC(=O)CCCCCCc1cncc(N)c1.CO.O=[N+]([O-])c1cncc(Br)c1. The number of aromatic nitrogens is 3. The number of nitrogens with one attached hydrogen (secondary N) is 1. The van der Waals surface area contributed by atoms with Gasteiger partial charge in [-0.15, -0.1) is 12.3 Å². The molecule has 3 aromatic rings. The molecule has 0 radical (unpaired) electrons. The summed E-state index contributed by atoms with van der Waals surface area (Å²) in [6, 6.07) is 4.75. The van der Waals surface area contributed by atoms with Crippen LogP contribution in [0.3, 0.4) is 0 Å². The van der Waals surface area contributed by atoms with Gasteiger partial charge in [0.25, 0.3) is 11.4 Å². The Balaban J connectivity index is 0. The third-order valence-electron chi connectivity index (χ3n) is 7.42. The molecule has 0 unspecified atom stereocenters. The molecule has 0 fully saturated rings. The highest BCUT2D eigenvalue weighted by atomic mass is 79.9. The lowest BCUT2D eigenvalue weighted by Crippen LogP contribution is -2.32. The molecule has 0 saturated carbocycles. The molecule has 3 heterocycles. The summed E-state index contributed by atoms with van der Waals surface area (Å²) in [5, 5.41) is 30.3. The standard InChI is InChI=1S/C16H20N2O4.C16H26N2O2.C10H17NO2.C5H3BrN2O2.CH4O/c1-16(2,3)22-15(19)9-7-5-4-6-8-13-10-14(18(20)21)12-17-11-13;1-16(2,3)20-15(19)9-7-5-4-6-8-13-10-14(17)12-18-11-13;1-5-6-7-8-11-9(12)13-10(2,3)4;6-4-1-5(8(9)10)3-7-2-4;1-2/h10-12H,4-5,7,9H2,1-3H3;10-12H,4-9,17H2,1-3H3;1H,6-8H2,2-4H3,(H,11,12);1-3H;2H,1H3. The molecule has 19 heteroatoms. The van der Waals surface area contributed by atoms with E-state index in [0.717, 1.165) is 52.1 Å². The number of unbranched alkanes of at least 4 members (excludes halogenated alkanes) is 6. The highest BCUT2D eigenvalue weighted by Crippen LogP contribution is 2.16. The van der Waals surface area contributed by atoms with Gasteiger partial charge < -0.3 is 30.4 Å². The molecule has 0 aromatic carbocycles. The van der Waals surface area contributed by atoms with Crippen molar-refractivity contribution in [1.29, 1.82) is 0 Å². The lowest BCUT2D eigenvalue weighted by molar-refractivity contribution is -0.385. The Kier molecular flexibility index (Phi) is 32.9. The van der Waals surface area contributed by atoms with Crippen molar-refractivity contribution < 1.29 is 43.5 Å². The molecular weight excluding hydrogens is 930 g/mol. The zero-order valence-electron chi connectivity index (χ0n) is 40.7. The minimum Gasteiger partial charge on any atom is -0.460 e. The number of esters is 2. The number of carbonyl (C=O) groups excluding carboxylic acids is 3. The predicted octanol–water partition coefficient (Wildman–Crippen LogP) is 10.0. The normalized spacial score (nSPS) is 10.3. The predicted molar refractivity (Wildman–Crippen MR) is 262 cm³/mol. The van der Waals surface area contributed by atoms with Crippen LogP contribution in [0.5, 0.6) is 0 Å². The quantitative estimate of drug-likeness (QED) is 0.0301. The average Bonchev–Trinajstić information content (AvgIpc) is 3.22. The first-order chi connectivity index (χ1) is 31.3. The van der Waals surface area contributed by atoms with Crippen LogP contribution in [0.1, 0.15) is 144 Å². The smallest absolute Gasteiger partial charge is 0.407 e. The van der Waals surface area contributed by atoms with E-state index in [4.69, 9.17) is 31.5 Å². The number of nitrogen functional groups attached to an aromatic ring is 1. The number of nitrogens with zero attached hydrogens (tertiary/aromatic N) is 5. The zero-order valence-corrected chi connectivity index (χ0v) is 42.3. The molecular formula is C48H70BrN7O11. The number of pyridine rings is 3. The molecule has 1 amide bonds. The second kappa shape index (κ2) is 35.1. The molecule has 0 aliphatic heterocycles. The Morgan fingerprint density at radius 3 is 1.70 bits per heavy atom. The van der Waals surface area contributed by atoms with Crippen molar-refractivity contribution in [2.24, 2.45) is 0 Å². The Bertz CT molecular complexity index is 2050. The fourth-order valence-electron chi connectivity index (χ4n) is 4.82. The number of aliphatic hydroxyl groups excluding tert-OH is 1. The van der Waals surface area contributed by atoms with Gasteiger partial charge in [0, 0.05) is 86.3 Å². The van der Waals surface area contributed by atoms with Crippen molar-refractivity contribution in [2.75, 3.05) is 19.4 Å². The number of rotatable bonds is 16. The number of hydrogen-bond acceptors (Lipinski definition) is 15. The molecule has 4 N–H and O–H groups in total. The number of aliphatic hydroxyl groups is 1. The summed E-state index contributed by atoms with van der Waals surface area (Å²) in [6.07, 6.45) is 23.1. The molecule has 0 atom stereocenters. The van der Waals surface area contributed by atoms with Crippen molar-refractivity contribution in [3.63, 3.8) is 0 Å². The van der Waals surface area contributed by atoms with Gasteiger partial charge in [-0.3, -0.25) is 44.8 Å².